The lowest BCUT2D eigenvalue weighted by atomic mass is 10.3. The lowest BCUT2D eigenvalue weighted by Gasteiger charge is -2.06. The van der Waals surface area contributed by atoms with Crippen molar-refractivity contribution in [3.8, 4) is 0 Å². The van der Waals surface area contributed by atoms with Crippen molar-refractivity contribution in [2.45, 2.75) is 11.3 Å². The molecule has 0 saturated carbocycles. The van der Waals surface area contributed by atoms with Crippen LogP contribution < -0.4 is 5.32 Å². The Kier molecular flexibility index (Phi) is 6.62. The predicted molar refractivity (Wildman–Crippen MR) is 87.8 cm³/mol. The summed E-state index contributed by atoms with van der Waals surface area (Å²) in [4.78, 5) is 24.1. The molecule has 0 atom stereocenters. The van der Waals surface area contributed by atoms with Crippen LogP contribution in [-0.2, 0) is 14.3 Å². The van der Waals surface area contributed by atoms with Crippen molar-refractivity contribution >= 4 is 29.3 Å². The first-order valence-electron chi connectivity index (χ1n) is 7.02. The van der Waals surface area contributed by atoms with E-state index < -0.39 is 5.97 Å². The Morgan fingerprint density at radius 1 is 1.04 bits per heavy atom. The highest BCUT2D eigenvalue weighted by Crippen LogP contribution is 2.18. The number of amides is 1. The fraction of sp³-hybridized carbons (Fsp3) is 0.176. The molecule has 1 N–H and O–H groups in total. The minimum absolute atomic E-state index is 0.181. The molecule has 4 nitrogen and oxygen atoms in total. The number of carbonyl (C=O) groups is 2. The van der Waals surface area contributed by atoms with E-state index in [2.05, 4.69) is 5.32 Å². The van der Waals surface area contributed by atoms with Crippen molar-refractivity contribution in [3.63, 3.8) is 0 Å². The molecule has 2 aromatic carbocycles. The number of para-hydroxylation sites is 1. The first kappa shape index (κ1) is 17.0. The number of halogens is 1. The summed E-state index contributed by atoms with van der Waals surface area (Å²) in [6, 6.07) is 15.0. The van der Waals surface area contributed by atoms with E-state index in [-0.39, 0.29) is 24.8 Å². The summed E-state index contributed by atoms with van der Waals surface area (Å²) in [5.41, 5.74) is 0.653. The van der Waals surface area contributed by atoms with Gasteiger partial charge in [-0.2, -0.15) is 0 Å². The van der Waals surface area contributed by atoms with Gasteiger partial charge in [-0.15, -0.1) is 11.8 Å². The number of rotatable bonds is 7. The molecule has 0 saturated heterocycles. The van der Waals surface area contributed by atoms with Crippen LogP contribution in [0.4, 0.5) is 10.1 Å². The molecule has 0 spiro atoms. The topological polar surface area (TPSA) is 55.4 Å². The summed E-state index contributed by atoms with van der Waals surface area (Å²) >= 11 is 1.43. The van der Waals surface area contributed by atoms with Crippen LogP contribution in [0.5, 0.6) is 0 Å². The van der Waals surface area contributed by atoms with E-state index in [0.717, 1.165) is 4.90 Å². The molecule has 0 fully saturated rings. The maximum Gasteiger partial charge on any atom is 0.307 e. The number of hydrogen-bond donors (Lipinski definition) is 1. The van der Waals surface area contributed by atoms with Gasteiger partial charge in [-0.3, -0.25) is 9.59 Å². The zero-order valence-electron chi connectivity index (χ0n) is 12.3. The van der Waals surface area contributed by atoms with Gasteiger partial charge in [0.15, 0.2) is 6.61 Å². The quantitative estimate of drug-likeness (QED) is 0.622. The molecule has 6 heteroatoms. The molecular weight excluding hydrogens is 317 g/mol. The van der Waals surface area contributed by atoms with Gasteiger partial charge in [0.1, 0.15) is 5.82 Å². The number of thioether (sulfide) groups is 1. The average Bonchev–Trinajstić information content (AvgIpc) is 2.56. The Labute approximate surface area is 138 Å². The molecule has 2 rings (SSSR count). The van der Waals surface area contributed by atoms with Gasteiger partial charge in [0, 0.05) is 16.3 Å². The summed E-state index contributed by atoms with van der Waals surface area (Å²) in [5, 5.41) is 2.63. The second kappa shape index (κ2) is 8.95. The van der Waals surface area contributed by atoms with Crippen molar-refractivity contribution in [1.82, 2.24) is 0 Å². The molecule has 1 amide bonds. The maximum absolute atomic E-state index is 12.7. The molecule has 0 bridgehead atoms. The number of hydrogen-bond acceptors (Lipinski definition) is 4. The summed E-state index contributed by atoms with van der Waals surface area (Å²) < 4.78 is 17.7. The molecule has 0 aliphatic carbocycles. The van der Waals surface area contributed by atoms with Crippen LogP contribution in [0.15, 0.2) is 59.5 Å². The van der Waals surface area contributed by atoms with Gasteiger partial charge in [-0.25, -0.2) is 4.39 Å². The van der Waals surface area contributed by atoms with Crippen molar-refractivity contribution < 1.29 is 18.7 Å². The third-order valence-corrected chi connectivity index (χ3v) is 3.82. The van der Waals surface area contributed by atoms with Gasteiger partial charge in [-0.1, -0.05) is 18.2 Å². The first-order valence-corrected chi connectivity index (χ1v) is 8.01. The van der Waals surface area contributed by atoms with Crippen molar-refractivity contribution in [2.75, 3.05) is 17.7 Å². The van der Waals surface area contributed by atoms with Crippen LogP contribution in [0.25, 0.3) is 0 Å². The Bertz CT molecular complexity index is 647. The molecule has 0 aromatic heterocycles. The normalized spacial score (nSPS) is 10.1. The van der Waals surface area contributed by atoms with Crippen molar-refractivity contribution in [3.05, 3.63) is 60.4 Å². The Balaban J connectivity index is 1.63. The number of nitrogens with one attached hydrogen (secondary N) is 1. The summed E-state index contributed by atoms with van der Waals surface area (Å²) in [6.45, 7) is -0.311. The Morgan fingerprint density at radius 3 is 2.43 bits per heavy atom. The molecule has 0 aliphatic heterocycles. The van der Waals surface area contributed by atoms with Crippen molar-refractivity contribution in [1.29, 1.82) is 0 Å². The van der Waals surface area contributed by atoms with Gasteiger partial charge < -0.3 is 10.1 Å². The monoisotopic (exact) mass is 333 g/mol. The van der Waals surface area contributed by atoms with Crippen LogP contribution in [0.1, 0.15) is 6.42 Å². The summed E-state index contributed by atoms with van der Waals surface area (Å²) in [5.74, 6) is -0.609. The highest BCUT2D eigenvalue weighted by molar-refractivity contribution is 7.99. The van der Waals surface area contributed by atoms with Crippen molar-refractivity contribution in [2.24, 2.45) is 0 Å². The Hall–Kier alpha value is -2.34. The third-order valence-electron chi connectivity index (χ3n) is 2.81. The number of ether oxygens (including phenoxy) is 1. The van der Waals surface area contributed by atoms with Crippen LogP contribution in [0, 0.1) is 5.82 Å². The zero-order chi connectivity index (χ0) is 16.5. The van der Waals surface area contributed by atoms with E-state index >= 15 is 0 Å². The highest BCUT2D eigenvalue weighted by atomic mass is 32.2. The van der Waals surface area contributed by atoms with Gasteiger partial charge in [0.2, 0.25) is 0 Å². The van der Waals surface area contributed by atoms with E-state index in [1.165, 1.54) is 23.9 Å². The fourth-order valence-electron chi connectivity index (χ4n) is 1.72. The minimum Gasteiger partial charge on any atom is -0.456 e. The molecule has 23 heavy (non-hydrogen) atoms. The zero-order valence-corrected chi connectivity index (χ0v) is 13.1. The standard InChI is InChI=1S/C17H16FNO3S/c18-13-6-8-15(9-7-13)23-11-10-17(21)22-12-16(20)19-14-4-2-1-3-5-14/h1-9H,10-12H2,(H,19,20). The number of carbonyl (C=O) groups excluding carboxylic acids is 2. The lowest BCUT2D eigenvalue weighted by Crippen LogP contribution is -2.20. The van der Waals surface area contributed by atoms with Crippen LogP contribution in [0.2, 0.25) is 0 Å². The van der Waals surface area contributed by atoms with E-state index in [1.807, 2.05) is 6.07 Å². The van der Waals surface area contributed by atoms with Gasteiger partial charge in [-0.05, 0) is 36.4 Å². The maximum atomic E-state index is 12.7. The Morgan fingerprint density at radius 2 is 1.74 bits per heavy atom. The molecule has 0 unspecified atom stereocenters. The minimum atomic E-state index is -0.442. The van der Waals surface area contributed by atoms with Gasteiger partial charge in [0.25, 0.3) is 5.91 Å². The van der Waals surface area contributed by atoms with E-state index in [0.29, 0.717) is 11.4 Å². The van der Waals surface area contributed by atoms with Crippen LogP contribution in [-0.4, -0.2) is 24.2 Å². The predicted octanol–water partition coefficient (Wildman–Crippen LogP) is 3.49. The fourth-order valence-corrected chi connectivity index (χ4v) is 2.55. The summed E-state index contributed by atoms with van der Waals surface area (Å²) in [7, 11) is 0. The number of benzene rings is 2. The molecule has 2 aromatic rings. The summed E-state index contributed by atoms with van der Waals surface area (Å²) in [6.07, 6.45) is 0.181. The number of anilines is 1. The molecule has 0 aliphatic rings. The molecule has 0 radical (unpaired) electrons. The molecule has 120 valence electrons. The van der Waals surface area contributed by atoms with E-state index in [4.69, 9.17) is 4.74 Å². The smallest absolute Gasteiger partial charge is 0.307 e. The van der Waals surface area contributed by atoms with E-state index in [1.54, 1.807) is 36.4 Å². The lowest BCUT2D eigenvalue weighted by molar-refractivity contribution is -0.146. The largest absolute Gasteiger partial charge is 0.456 e. The average molecular weight is 333 g/mol. The molecular formula is C17H16FNO3S. The second-order valence-electron chi connectivity index (χ2n) is 4.63. The van der Waals surface area contributed by atoms with Gasteiger partial charge in [0.05, 0.1) is 6.42 Å². The second-order valence-corrected chi connectivity index (χ2v) is 5.80. The van der Waals surface area contributed by atoms with E-state index in [9.17, 15) is 14.0 Å². The van der Waals surface area contributed by atoms with Crippen LogP contribution in [0.3, 0.4) is 0 Å². The van der Waals surface area contributed by atoms with Crippen LogP contribution >= 0.6 is 11.8 Å². The third kappa shape index (κ3) is 6.52. The highest BCUT2D eigenvalue weighted by Gasteiger charge is 2.08. The SMILES string of the molecule is O=C(COC(=O)CCSc1ccc(F)cc1)Nc1ccccc1. The molecule has 0 heterocycles. The first-order chi connectivity index (χ1) is 11.1. The number of esters is 1. The van der Waals surface area contributed by atoms with Gasteiger partial charge >= 0.3 is 5.97 Å².